The highest BCUT2D eigenvalue weighted by Gasteiger charge is 2.10. The van der Waals surface area contributed by atoms with E-state index in [1.54, 1.807) is 6.07 Å². The van der Waals surface area contributed by atoms with Crippen LogP contribution in [0.15, 0.2) is 30.5 Å². The SMILES string of the molecule is CNS(=O)(=O)Cc1cnc2ccccc2n1. The highest BCUT2D eigenvalue weighted by atomic mass is 32.2. The summed E-state index contributed by atoms with van der Waals surface area (Å²) in [6, 6.07) is 7.34. The molecule has 0 aliphatic carbocycles. The largest absolute Gasteiger partial charge is 0.253 e. The number of sulfonamides is 1. The Hall–Kier alpha value is -1.53. The van der Waals surface area contributed by atoms with E-state index < -0.39 is 10.0 Å². The number of aromatic nitrogens is 2. The molecule has 1 heterocycles. The van der Waals surface area contributed by atoms with E-state index in [1.165, 1.54) is 13.2 Å². The molecule has 2 rings (SSSR count). The fourth-order valence-electron chi connectivity index (χ4n) is 1.33. The Balaban J connectivity index is 2.40. The van der Waals surface area contributed by atoms with Gasteiger partial charge in [0, 0.05) is 0 Å². The first-order valence-electron chi connectivity index (χ1n) is 4.72. The predicted molar refractivity (Wildman–Crippen MR) is 61.2 cm³/mol. The Labute approximate surface area is 93.6 Å². The third kappa shape index (κ3) is 2.34. The van der Waals surface area contributed by atoms with Crippen molar-refractivity contribution >= 4 is 21.1 Å². The van der Waals surface area contributed by atoms with Crippen molar-refractivity contribution in [3.63, 3.8) is 0 Å². The summed E-state index contributed by atoms with van der Waals surface area (Å²) in [6.07, 6.45) is 1.48. The van der Waals surface area contributed by atoms with Gasteiger partial charge >= 0.3 is 0 Å². The standard InChI is InChI=1S/C10H11N3O2S/c1-11-16(14,15)7-8-6-12-9-4-2-3-5-10(9)13-8/h2-6,11H,7H2,1H3. The minimum Gasteiger partial charge on any atom is -0.253 e. The van der Waals surface area contributed by atoms with Crippen LogP contribution in [0, 0.1) is 0 Å². The van der Waals surface area contributed by atoms with Crippen molar-refractivity contribution in [2.75, 3.05) is 7.05 Å². The highest BCUT2D eigenvalue weighted by molar-refractivity contribution is 7.88. The molecule has 0 atom stereocenters. The van der Waals surface area contributed by atoms with Gasteiger partial charge in [0.15, 0.2) is 0 Å². The number of para-hydroxylation sites is 2. The molecule has 0 spiro atoms. The summed E-state index contributed by atoms with van der Waals surface area (Å²) in [5, 5.41) is 0. The molecule has 0 aliphatic rings. The molecule has 1 N–H and O–H groups in total. The van der Waals surface area contributed by atoms with Crippen LogP contribution < -0.4 is 4.72 Å². The molecule has 0 aliphatic heterocycles. The lowest BCUT2D eigenvalue weighted by Gasteiger charge is -2.02. The van der Waals surface area contributed by atoms with Crippen LogP contribution in [0.5, 0.6) is 0 Å². The summed E-state index contributed by atoms with van der Waals surface area (Å²) in [4.78, 5) is 8.37. The molecule has 0 saturated heterocycles. The molecule has 0 radical (unpaired) electrons. The Morgan fingerprint density at radius 1 is 1.25 bits per heavy atom. The van der Waals surface area contributed by atoms with E-state index in [0.29, 0.717) is 11.2 Å². The maximum atomic E-state index is 11.3. The monoisotopic (exact) mass is 237 g/mol. The van der Waals surface area contributed by atoms with Crippen LogP contribution in [0.1, 0.15) is 5.69 Å². The molecule has 0 saturated carbocycles. The van der Waals surface area contributed by atoms with Crippen LogP contribution in [-0.2, 0) is 15.8 Å². The predicted octanol–water partition coefficient (Wildman–Crippen LogP) is 0.679. The van der Waals surface area contributed by atoms with Gasteiger partial charge in [-0.3, -0.25) is 4.98 Å². The second kappa shape index (κ2) is 4.15. The Morgan fingerprint density at radius 2 is 1.94 bits per heavy atom. The maximum Gasteiger partial charge on any atom is 0.217 e. The number of nitrogens with one attached hydrogen (secondary N) is 1. The molecule has 1 aromatic heterocycles. The Bertz CT molecular complexity index is 610. The van der Waals surface area contributed by atoms with E-state index in [2.05, 4.69) is 14.7 Å². The molecule has 5 nitrogen and oxygen atoms in total. The lowest BCUT2D eigenvalue weighted by molar-refractivity contribution is 0.586. The minimum atomic E-state index is -3.29. The van der Waals surface area contributed by atoms with Gasteiger partial charge in [-0.15, -0.1) is 0 Å². The van der Waals surface area contributed by atoms with Crippen LogP contribution in [-0.4, -0.2) is 25.4 Å². The lowest BCUT2D eigenvalue weighted by atomic mass is 10.3. The van der Waals surface area contributed by atoms with Crippen molar-refractivity contribution in [2.24, 2.45) is 0 Å². The fourth-order valence-corrected chi connectivity index (χ4v) is 2.00. The molecule has 16 heavy (non-hydrogen) atoms. The van der Waals surface area contributed by atoms with Crippen molar-refractivity contribution in [1.82, 2.24) is 14.7 Å². The first kappa shape index (κ1) is 11.0. The van der Waals surface area contributed by atoms with Gasteiger partial charge in [0.2, 0.25) is 10.0 Å². The third-order valence-corrected chi connectivity index (χ3v) is 3.45. The van der Waals surface area contributed by atoms with E-state index in [4.69, 9.17) is 0 Å². The van der Waals surface area contributed by atoms with Crippen LogP contribution in [0.25, 0.3) is 11.0 Å². The van der Waals surface area contributed by atoms with Crippen LogP contribution in [0.2, 0.25) is 0 Å². The number of benzene rings is 1. The van der Waals surface area contributed by atoms with Gasteiger partial charge in [-0.05, 0) is 19.2 Å². The second-order valence-electron chi connectivity index (χ2n) is 3.31. The van der Waals surface area contributed by atoms with Crippen LogP contribution in [0.4, 0.5) is 0 Å². The van der Waals surface area contributed by atoms with Gasteiger partial charge in [0.1, 0.15) is 5.75 Å². The van der Waals surface area contributed by atoms with E-state index in [9.17, 15) is 8.42 Å². The van der Waals surface area contributed by atoms with Crippen LogP contribution in [0.3, 0.4) is 0 Å². The minimum absolute atomic E-state index is 0.151. The summed E-state index contributed by atoms with van der Waals surface area (Å²) in [5.74, 6) is -0.151. The average Bonchev–Trinajstić information content (AvgIpc) is 2.28. The molecule has 2 aromatic rings. The Morgan fingerprint density at radius 3 is 2.62 bits per heavy atom. The topological polar surface area (TPSA) is 72.0 Å². The van der Waals surface area contributed by atoms with E-state index in [0.717, 1.165) is 5.52 Å². The summed E-state index contributed by atoms with van der Waals surface area (Å²) in [6.45, 7) is 0. The third-order valence-electron chi connectivity index (χ3n) is 2.15. The highest BCUT2D eigenvalue weighted by Crippen LogP contribution is 2.09. The number of rotatable bonds is 3. The van der Waals surface area contributed by atoms with Gasteiger partial charge in [-0.2, -0.15) is 0 Å². The first-order chi connectivity index (χ1) is 7.61. The molecule has 1 aromatic carbocycles. The number of hydrogen-bond acceptors (Lipinski definition) is 4. The zero-order valence-corrected chi connectivity index (χ0v) is 9.53. The van der Waals surface area contributed by atoms with Gasteiger partial charge in [0.25, 0.3) is 0 Å². The van der Waals surface area contributed by atoms with Crippen LogP contribution >= 0.6 is 0 Å². The van der Waals surface area contributed by atoms with Gasteiger partial charge in [0.05, 0.1) is 22.9 Å². The second-order valence-corrected chi connectivity index (χ2v) is 5.24. The van der Waals surface area contributed by atoms with E-state index >= 15 is 0 Å². The lowest BCUT2D eigenvalue weighted by Crippen LogP contribution is -2.21. The van der Waals surface area contributed by atoms with Crippen molar-refractivity contribution < 1.29 is 8.42 Å². The first-order valence-corrected chi connectivity index (χ1v) is 6.38. The molecule has 0 bridgehead atoms. The van der Waals surface area contributed by atoms with Gasteiger partial charge in [-0.1, -0.05) is 12.1 Å². The summed E-state index contributed by atoms with van der Waals surface area (Å²) < 4.78 is 24.9. The maximum absolute atomic E-state index is 11.3. The zero-order chi connectivity index (χ0) is 11.6. The molecule has 0 fully saturated rings. The number of fused-ring (bicyclic) bond motifs is 1. The van der Waals surface area contributed by atoms with Crippen molar-refractivity contribution in [2.45, 2.75) is 5.75 Å². The molecular weight excluding hydrogens is 226 g/mol. The molecule has 0 amide bonds. The Kier molecular flexibility index (Phi) is 2.84. The normalized spacial score (nSPS) is 11.8. The molecular formula is C10H11N3O2S. The molecule has 84 valence electrons. The average molecular weight is 237 g/mol. The van der Waals surface area contributed by atoms with Crippen molar-refractivity contribution in [3.8, 4) is 0 Å². The van der Waals surface area contributed by atoms with E-state index in [-0.39, 0.29) is 5.75 Å². The van der Waals surface area contributed by atoms with Crippen molar-refractivity contribution in [3.05, 3.63) is 36.2 Å². The van der Waals surface area contributed by atoms with Gasteiger partial charge < -0.3 is 0 Å². The quantitative estimate of drug-likeness (QED) is 0.852. The zero-order valence-electron chi connectivity index (χ0n) is 8.71. The summed E-state index contributed by atoms with van der Waals surface area (Å²) in [7, 11) is -1.91. The van der Waals surface area contributed by atoms with E-state index in [1.807, 2.05) is 18.2 Å². The summed E-state index contributed by atoms with van der Waals surface area (Å²) in [5.41, 5.74) is 1.90. The number of hydrogen-bond donors (Lipinski definition) is 1. The fraction of sp³-hybridized carbons (Fsp3) is 0.200. The molecule has 6 heteroatoms. The van der Waals surface area contributed by atoms with Gasteiger partial charge in [-0.25, -0.2) is 18.1 Å². The number of nitrogens with zero attached hydrogens (tertiary/aromatic N) is 2. The summed E-state index contributed by atoms with van der Waals surface area (Å²) >= 11 is 0. The van der Waals surface area contributed by atoms with Crippen molar-refractivity contribution in [1.29, 1.82) is 0 Å². The smallest absolute Gasteiger partial charge is 0.217 e. The molecule has 0 unspecified atom stereocenters.